The van der Waals surface area contributed by atoms with Crippen LogP contribution in [0.5, 0.6) is 0 Å². The topological polar surface area (TPSA) is 12.0 Å². The Balaban J connectivity index is 2.27. The Morgan fingerprint density at radius 3 is 2.56 bits per heavy atom. The SMILES string of the molecule is CCCNC(c1ccc(C)cc1)c1cc(Br)cs1. The summed E-state index contributed by atoms with van der Waals surface area (Å²) in [6.45, 7) is 5.36. The Labute approximate surface area is 121 Å². The molecule has 0 aliphatic carbocycles. The first-order valence-electron chi connectivity index (χ1n) is 6.24. The Hall–Kier alpha value is -0.640. The Morgan fingerprint density at radius 1 is 1.28 bits per heavy atom. The predicted molar refractivity (Wildman–Crippen MR) is 83.3 cm³/mol. The Bertz CT molecular complexity index is 489. The number of aryl methyl sites for hydroxylation is 1. The minimum absolute atomic E-state index is 0.307. The summed E-state index contributed by atoms with van der Waals surface area (Å²) in [6, 6.07) is 11.3. The first-order valence-corrected chi connectivity index (χ1v) is 7.92. The number of nitrogens with one attached hydrogen (secondary N) is 1. The molecule has 0 amide bonds. The van der Waals surface area contributed by atoms with E-state index >= 15 is 0 Å². The van der Waals surface area contributed by atoms with Crippen LogP contribution in [0, 0.1) is 6.92 Å². The van der Waals surface area contributed by atoms with Crippen LogP contribution in [0.15, 0.2) is 40.2 Å². The maximum absolute atomic E-state index is 3.62. The standard InChI is InChI=1S/C15H18BrNS/c1-3-8-17-15(14-9-13(16)10-18-14)12-6-4-11(2)5-7-12/h4-7,9-10,15,17H,3,8H2,1-2H3. The zero-order chi connectivity index (χ0) is 13.0. The highest BCUT2D eigenvalue weighted by atomic mass is 79.9. The van der Waals surface area contributed by atoms with Crippen molar-refractivity contribution in [1.29, 1.82) is 0 Å². The second-order valence-electron chi connectivity index (χ2n) is 4.47. The number of halogens is 1. The minimum Gasteiger partial charge on any atom is -0.306 e. The smallest absolute Gasteiger partial charge is 0.0671 e. The highest BCUT2D eigenvalue weighted by Gasteiger charge is 2.14. The number of hydrogen-bond acceptors (Lipinski definition) is 2. The minimum atomic E-state index is 0.307. The van der Waals surface area contributed by atoms with Crippen molar-refractivity contribution in [3.63, 3.8) is 0 Å². The molecule has 1 unspecified atom stereocenters. The van der Waals surface area contributed by atoms with Gasteiger partial charge in [0.15, 0.2) is 0 Å². The lowest BCUT2D eigenvalue weighted by Gasteiger charge is -2.17. The summed E-state index contributed by atoms with van der Waals surface area (Å²) in [4.78, 5) is 1.36. The van der Waals surface area contributed by atoms with Gasteiger partial charge in [-0.2, -0.15) is 0 Å². The highest BCUT2D eigenvalue weighted by molar-refractivity contribution is 9.10. The van der Waals surface area contributed by atoms with Crippen molar-refractivity contribution in [2.45, 2.75) is 26.3 Å². The van der Waals surface area contributed by atoms with Crippen molar-refractivity contribution in [2.75, 3.05) is 6.54 Å². The van der Waals surface area contributed by atoms with Crippen molar-refractivity contribution in [2.24, 2.45) is 0 Å². The summed E-state index contributed by atoms with van der Waals surface area (Å²) in [6.07, 6.45) is 1.15. The third-order valence-electron chi connectivity index (χ3n) is 2.88. The zero-order valence-corrected chi connectivity index (χ0v) is 13.1. The van der Waals surface area contributed by atoms with E-state index < -0.39 is 0 Å². The number of thiophene rings is 1. The van der Waals surface area contributed by atoms with Crippen molar-refractivity contribution in [3.8, 4) is 0 Å². The summed E-state index contributed by atoms with van der Waals surface area (Å²) in [5.41, 5.74) is 2.64. The lowest BCUT2D eigenvalue weighted by molar-refractivity contribution is 0.605. The van der Waals surface area contributed by atoms with E-state index in [4.69, 9.17) is 0 Å². The van der Waals surface area contributed by atoms with Crippen molar-refractivity contribution in [3.05, 3.63) is 56.2 Å². The highest BCUT2D eigenvalue weighted by Crippen LogP contribution is 2.30. The first kappa shape index (κ1) is 13.8. The molecule has 1 N–H and O–H groups in total. The molecule has 1 aromatic carbocycles. The molecule has 0 aliphatic rings. The molecular formula is C15H18BrNS. The van der Waals surface area contributed by atoms with Gasteiger partial charge in [-0.25, -0.2) is 0 Å². The van der Waals surface area contributed by atoms with Crippen molar-refractivity contribution >= 4 is 27.3 Å². The van der Waals surface area contributed by atoms with Gasteiger partial charge in [-0.15, -0.1) is 11.3 Å². The molecule has 0 saturated heterocycles. The number of benzene rings is 1. The van der Waals surface area contributed by atoms with Gasteiger partial charge in [-0.05, 0) is 47.4 Å². The van der Waals surface area contributed by atoms with Gasteiger partial charge < -0.3 is 5.32 Å². The Kier molecular flexibility index (Phi) is 4.98. The fourth-order valence-electron chi connectivity index (χ4n) is 1.91. The van der Waals surface area contributed by atoms with Gasteiger partial charge in [0.1, 0.15) is 0 Å². The van der Waals surface area contributed by atoms with Gasteiger partial charge >= 0.3 is 0 Å². The number of hydrogen-bond donors (Lipinski definition) is 1. The molecule has 2 aromatic rings. The second-order valence-corrected chi connectivity index (χ2v) is 6.32. The third-order valence-corrected chi connectivity index (χ3v) is 4.64. The molecule has 1 heterocycles. The molecule has 0 saturated carbocycles. The van der Waals surface area contributed by atoms with Crippen LogP contribution in [-0.2, 0) is 0 Å². The van der Waals surface area contributed by atoms with Gasteiger partial charge in [0.25, 0.3) is 0 Å². The molecule has 1 atom stereocenters. The molecule has 0 radical (unpaired) electrons. The van der Waals surface area contributed by atoms with Crippen LogP contribution < -0.4 is 5.32 Å². The molecule has 3 heteroatoms. The van der Waals surface area contributed by atoms with E-state index in [9.17, 15) is 0 Å². The van der Waals surface area contributed by atoms with Crippen molar-refractivity contribution < 1.29 is 0 Å². The van der Waals surface area contributed by atoms with Crippen LogP contribution in [0.25, 0.3) is 0 Å². The molecular weight excluding hydrogens is 306 g/mol. The molecule has 0 spiro atoms. The predicted octanol–water partition coefficient (Wildman–Crippen LogP) is 4.91. The van der Waals surface area contributed by atoms with Crippen LogP contribution >= 0.6 is 27.3 Å². The lowest BCUT2D eigenvalue weighted by Crippen LogP contribution is -2.22. The first-order chi connectivity index (χ1) is 8.70. The van der Waals surface area contributed by atoms with Crippen LogP contribution in [0.3, 0.4) is 0 Å². The normalized spacial score (nSPS) is 12.6. The maximum atomic E-state index is 3.62. The van der Waals surface area contributed by atoms with Gasteiger partial charge in [0, 0.05) is 14.7 Å². The van der Waals surface area contributed by atoms with Crippen molar-refractivity contribution in [1.82, 2.24) is 5.32 Å². The monoisotopic (exact) mass is 323 g/mol. The molecule has 1 nitrogen and oxygen atoms in total. The Morgan fingerprint density at radius 2 is 2.00 bits per heavy atom. The molecule has 1 aromatic heterocycles. The summed E-state index contributed by atoms with van der Waals surface area (Å²) < 4.78 is 1.16. The molecule has 0 aliphatic heterocycles. The average Bonchev–Trinajstić information content (AvgIpc) is 2.78. The van der Waals surface area contributed by atoms with E-state index in [1.54, 1.807) is 11.3 Å². The van der Waals surface area contributed by atoms with Crippen LogP contribution in [0.2, 0.25) is 0 Å². The molecule has 0 bridgehead atoms. The van der Waals surface area contributed by atoms with Crippen LogP contribution in [0.4, 0.5) is 0 Å². The maximum Gasteiger partial charge on any atom is 0.0671 e. The van der Waals surface area contributed by atoms with E-state index in [0.717, 1.165) is 17.4 Å². The third kappa shape index (κ3) is 3.44. The van der Waals surface area contributed by atoms with Gasteiger partial charge in [-0.3, -0.25) is 0 Å². The van der Waals surface area contributed by atoms with E-state index in [2.05, 4.69) is 70.8 Å². The van der Waals surface area contributed by atoms with E-state index in [1.165, 1.54) is 16.0 Å². The van der Waals surface area contributed by atoms with E-state index in [1.807, 2.05) is 0 Å². The van der Waals surface area contributed by atoms with Gasteiger partial charge in [-0.1, -0.05) is 36.8 Å². The second kappa shape index (κ2) is 6.50. The summed E-state index contributed by atoms with van der Waals surface area (Å²) in [5, 5.41) is 5.77. The zero-order valence-electron chi connectivity index (χ0n) is 10.7. The summed E-state index contributed by atoms with van der Waals surface area (Å²) >= 11 is 5.33. The molecule has 0 fully saturated rings. The molecule has 18 heavy (non-hydrogen) atoms. The average molecular weight is 324 g/mol. The van der Waals surface area contributed by atoms with E-state index in [-0.39, 0.29) is 0 Å². The van der Waals surface area contributed by atoms with Crippen LogP contribution in [0.1, 0.15) is 35.4 Å². The van der Waals surface area contributed by atoms with Gasteiger partial charge in [0.05, 0.1) is 6.04 Å². The van der Waals surface area contributed by atoms with Crippen LogP contribution in [-0.4, -0.2) is 6.54 Å². The molecule has 96 valence electrons. The summed E-state index contributed by atoms with van der Waals surface area (Å²) in [7, 11) is 0. The van der Waals surface area contributed by atoms with E-state index in [0.29, 0.717) is 6.04 Å². The number of rotatable bonds is 5. The summed E-state index contributed by atoms with van der Waals surface area (Å²) in [5.74, 6) is 0. The van der Waals surface area contributed by atoms with Gasteiger partial charge in [0.2, 0.25) is 0 Å². The molecule has 2 rings (SSSR count). The fourth-order valence-corrected chi connectivity index (χ4v) is 3.46. The largest absolute Gasteiger partial charge is 0.306 e. The lowest BCUT2D eigenvalue weighted by atomic mass is 10.0. The quantitative estimate of drug-likeness (QED) is 0.824. The fraction of sp³-hybridized carbons (Fsp3) is 0.333.